The van der Waals surface area contributed by atoms with Crippen LogP contribution in [0.5, 0.6) is 0 Å². The molecule has 2 unspecified atom stereocenters. The quantitative estimate of drug-likeness (QED) is 0.584. The molecule has 0 aliphatic rings. The maximum atomic E-state index is 10.8. The zero-order valence-electron chi connectivity index (χ0n) is 5.89. The van der Waals surface area contributed by atoms with E-state index in [2.05, 4.69) is 5.32 Å². The van der Waals surface area contributed by atoms with Gasteiger partial charge in [0, 0.05) is 0 Å². The molecule has 0 aromatic heterocycles. The topological polar surface area (TPSA) is 52.9 Å². The number of hydrogen-bond acceptors (Lipinski definition) is 2. The van der Waals surface area contributed by atoms with E-state index in [4.69, 9.17) is 5.26 Å². The molecule has 0 saturated carbocycles. The van der Waals surface area contributed by atoms with E-state index in [1.165, 1.54) is 0 Å². The van der Waals surface area contributed by atoms with Crippen LogP contribution in [0.15, 0.2) is 0 Å². The van der Waals surface area contributed by atoms with Crippen molar-refractivity contribution in [2.45, 2.75) is 23.8 Å². The Morgan fingerprint density at radius 3 is 2.50 bits per heavy atom. The van der Waals surface area contributed by atoms with Crippen molar-refractivity contribution in [3.05, 3.63) is 0 Å². The highest BCUT2D eigenvalue weighted by molar-refractivity contribution is 14.1. The maximum absolute atomic E-state index is 10.8. The maximum Gasteiger partial charge on any atom is 0.233 e. The molecule has 1 N–H and O–H groups in total. The molecular formula is C6H9IN2O. The summed E-state index contributed by atoms with van der Waals surface area (Å²) in [7, 11) is 0. The molecule has 56 valence electrons. The third-order valence-corrected chi connectivity index (χ3v) is 1.48. The fraction of sp³-hybridized carbons (Fsp3) is 0.667. The first-order chi connectivity index (χ1) is 4.57. The number of nitriles is 1. The lowest BCUT2D eigenvalue weighted by atomic mass is 10.3. The van der Waals surface area contributed by atoms with Gasteiger partial charge in [0.1, 0.15) is 6.04 Å². The summed E-state index contributed by atoms with van der Waals surface area (Å²) in [5, 5.41) is 10.8. The predicted octanol–water partition coefficient (Wildman–Crippen LogP) is 0.838. The van der Waals surface area contributed by atoms with Gasteiger partial charge in [0.05, 0.1) is 9.99 Å². The Bertz CT molecular complexity index is 162. The highest BCUT2D eigenvalue weighted by atomic mass is 127. The lowest BCUT2D eigenvalue weighted by molar-refractivity contribution is -0.120. The molecule has 2 atom stereocenters. The Hall–Kier alpha value is -0.310. The molecule has 1 amide bonds. The highest BCUT2D eigenvalue weighted by Gasteiger charge is 2.10. The number of carbonyl (C=O) groups excluding carboxylic acids is 1. The third kappa shape index (κ3) is 3.67. The third-order valence-electron chi connectivity index (χ3n) is 0.914. The van der Waals surface area contributed by atoms with Crippen molar-refractivity contribution in [3.63, 3.8) is 0 Å². The molecular weight excluding hydrogens is 243 g/mol. The van der Waals surface area contributed by atoms with E-state index in [1.54, 1.807) is 13.8 Å². The van der Waals surface area contributed by atoms with E-state index in [0.717, 1.165) is 0 Å². The van der Waals surface area contributed by atoms with Crippen molar-refractivity contribution in [3.8, 4) is 6.07 Å². The van der Waals surface area contributed by atoms with Gasteiger partial charge in [-0.3, -0.25) is 4.79 Å². The van der Waals surface area contributed by atoms with Crippen LogP contribution in [-0.2, 0) is 4.79 Å². The average Bonchev–Trinajstić information content (AvgIpc) is 1.87. The normalized spacial score (nSPS) is 15.0. The van der Waals surface area contributed by atoms with E-state index < -0.39 is 0 Å². The van der Waals surface area contributed by atoms with Gasteiger partial charge in [-0.2, -0.15) is 5.26 Å². The average molecular weight is 252 g/mol. The number of nitrogens with one attached hydrogen (secondary N) is 1. The number of carbonyl (C=O) groups is 1. The molecule has 0 heterocycles. The van der Waals surface area contributed by atoms with Crippen molar-refractivity contribution >= 4 is 28.5 Å². The Morgan fingerprint density at radius 1 is 1.70 bits per heavy atom. The number of amides is 1. The summed E-state index contributed by atoms with van der Waals surface area (Å²) in [6.07, 6.45) is 0. The SMILES string of the molecule is CC(C#N)NC(=O)C(C)I. The molecule has 0 aromatic carbocycles. The van der Waals surface area contributed by atoms with E-state index >= 15 is 0 Å². The predicted molar refractivity (Wildman–Crippen MR) is 46.7 cm³/mol. The zero-order chi connectivity index (χ0) is 8.15. The lowest BCUT2D eigenvalue weighted by Crippen LogP contribution is -2.35. The molecule has 0 spiro atoms. The summed E-state index contributed by atoms with van der Waals surface area (Å²) in [4.78, 5) is 10.8. The highest BCUT2D eigenvalue weighted by Crippen LogP contribution is 1.97. The molecule has 0 saturated heterocycles. The molecule has 10 heavy (non-hydrogen) atoms. The minimum atomic E-state index is -0.385. The smallest absolute Gasteiger partial charge is 0.233 e. The molecule has 3 nitrogen and oxygen atoms in total. The minimum absolute atomic E-state index is 0.0756. The van der Waals surface area contributed by atoms with Crippen LogP contribution in [0.4, 0.5) is 0 Å². The molecule has 0 aliphatic heterocycles. The Labute approximate surface area is 73.9 Å². The molecule has 4 heteroatoms. The number of halogens is 1. The monoisotopic (exact) mass is 252 g/mol. The fourth-order valence-electron chi connectivity index (χ4n) is 0.360. The van der Waals surface area contributed by atoms with Gasteiger partial charge in [-0.05, 0) is 13.8 Å². The minimum Gasteiger partial charge on any atom is -0.340 e. The summed E-state index contributed by atoms with van der Waals surface area (Å²) < 4.78 is -0.0756. The van der Waals surface area contributed by atoms with Gasteiger partial charge in [0.15, 0.2) is 0 Å². The molecule has 0 radical (unpaired) electrons. The van der Waals surface area contributed by atoms with Crippen LogP contribution < -0.4 is 5.32 Å². The summed E-state index contributed by atoms with van der Waals surface area (Å²) in [6, 6.07) is 1.53. The van der Waals surface area contributed by atoms with Crippen LogP contribution in [-0.4, -0.2) is 15.9 Å². The molecule has 0 bridgehead atoms. The molecule has 0 aromatic rings. The van der Waals surface area contributed by atoms with E-state index in [-0.39, 0.29) is 15.9 Å². The van der Waals surface area contributed by atoms with Crippen LogP contribution in [0.25, 0.3) is 0 Å². The van der Waals surface area contributed by atoms with Gasteiger partial charge in [-0.1, -0.05) is 22.6 Å². The van der Waals surface area contributed by atoms with Crippen LogP contribution in [0.2, 0.25) is 0 Å². The van der Waals surface area contributed by atoms with Crippen molar-refractivity contribution in [1.82, 2.24) is 5.32 Å². The number of rotatable bonds is 2. The van der Waals surface area contributed by atoms with Gasteiger partial charge in [-0.15, -0.1) is 0 Å². The first-order valence-corrected chi connectivity index (χ1v) is 4.16. The van der Waals surface area contributed by atoms with Crippen molar-refractivity contribution in [2.24, 2.45) is 0 Å². The molecule has 0 aliphatic carbocycles. The first kappa shape index (κ1) is 9.69. The van der Waals surface area contributed by atoms with Crippen molar-refractivity contribution in [2.75, 3.05) is 0 Å². The van der Waals surface area contributed by atoms with Crippen LogP contribution in [0, 0.1) is 11.3 Å². The van der Waals surface area contributed by atoms with Crippen molar-refractivity contribution < 1.29 is 4.79 Å². The zero-order valence-corrected chi connectivity index (χ0v) is 8.05. The van der Waals surface area contributed by atoms with E-state index in [0.29, 0.717) is 0 Å². The second-order valence-electron chi connectivity index (χ2n) is 1.98. The summed E-state index contributed by atoms with van der Waals surface area (Å²) in [6.45, 7) is 3.43. The van der Waals surface area contributed by atoms with Gasteiger partial charge in [-0.25, -0.2) is 0 Å². The van der Waals surface area contributed by atoms with Crippen LogP contribution >= 0.6 is 22.6 Å². The van der Waals surface area contributed by atoms with Gasteiger partial charge < -0.3 is 5.32 Å². The van der Waals surface area contributed by atoms with Crippen LogP contribution in [0.1, 0.15) is 13.8 Å². The van der Waals surface area contributed by atoms with Gasteiger partial charge in [0.2, 0.25) is 5.91 Å². The fourth-order valence-corrected chi connectivity index (χ4v) is 0.540. The lowest BCUT2D eigenvalue weighted by Gasteiger charge is -2.06. The Kier molecular flexibility index (Phi) is 4.36. The second kappa shape index (κ2) is 4.50. The van der Waals surface area contributed by atoms with Crippen molar-refractivity contribution in [1.29, 1.82) is 5.26 Å². The largest absolute Gasteiger partial charge is 0.340 e. The molecule has 0 fully saturated rings. The van der Waals surface area contributed by atoms with Gasteiger partial charge in [0.25, 0.3) is 0 Å². The Balaban J connectivity index is 3.71. The standard InChI is InChI=1S/C6H9IN2O/c1-4(3-8)9-6(10)5(2)7/h4-5H,1-2H3,(H,9,10). The first-order valence-electron chi connectivity index (χ1n) is 2.92. The second-order valence-corrected chi connectivity index (χ2v) is 3.84. The number of alkyl halides is 1. The summed E-state index contributed by atoms with van der Waals surface area (Å²) in [5.74, 6) is -0.0883. The Morgan fingerprint density at radius 2 is 2.20 bits per heavy atom. The van der Waals surface area contributed by atoms with Crippen LogP contribution in [0.3, 0.4) is 0 Å². The number of nitrogens with zero attached hydrogens (tertiary/aromatic N) is 1. The summed E-state index contributed by atoms with van der Waals surface area (Å²) in [5.41, 5.74) is 0. The van der Waals surface area contributed by atoms with Gasteiger partial charge >= 0.3 is 0 Å². The summed E-state index contributed by atoms with van der Waals surface area (Å²) >= 11 is 2.00. The molecule has 0 rings (SSSR count). The number of hydrogen-bond donors (Lipinski definition) is 1. The van der Waals surface area contributed by atoms with E-state index in [1.807, 2.05) is 28.7 Å². The van der Waals surface area contributed by atoms with E-state index in [9.17, 15) is 4.79 Å².